The Kier molecular flexibility index (Phi) is 5.65. The molecule has 29 heavy (non-hydrogen) atoms. The van der Waals surface area contributed by atoms with E-state index in [-0.39, 0.29) is 36.5 Å². The second kappa shape index (κ2) is 8.35. The van der Waals surface area contributed by atoms with Gasteiger partial charge in [-0.15, -0.1) is 0 Å². The van der Waals surface area contributed by atoms with E-state index in [1.165, 1.54) is 0 Å². The SMILES string of the molecule is CC1CN(CC(=O)N2c3ccccc3NC(=O)CC2C)CC(c2ccccc2)O1. The van der Waals surface area contributed by atoms with Crippen LogP contribution in [0.5, 0.6) is 0 Å². The van der Waals surface area contributed by atoms with Crippen molar-refractivity contribution in [2.75, 3.05) is 29.9 Å². The minimum Gasteiger partial charge on any atom is -0.368 e. The van der Waals surface area contributed by atoms with Crippen molar-refractivity contribution in [3.8, 4) is 0 Å². The van der Waals surface area contributed by atoms with Gasteiger partial charge >= 0.3 is 0 Å². The van der Waals surface area contributed by atoms with Crippen LogP contribution in [-0.4, -0.2) is 48.5 Å². The fourth-order valence-electron chi connectivity index (χ4n) is 4.26. The molecule has 2 aromatic rings. The number of rotatable bonds is 3. The zero-order valence-corrected chi connectivity index (χ0v) is 16.9. The molecule has 2 aromatic carbocycles. The first-order valence-corrected chi connectivity index (χ1v) is 10.1. The molecule has 152 valence electrons. The monoisotopic (exact) mass is 393 g/mol. The molecule has 0 saturated carbocycles. The van der Waals surface area contributed by atoms with E-state index in [0.29, 0.717) is 25.3 Å². The van der Waals surface area contributed by atoms with Gasteiger partial charge in [0.1, 0.15) is 0 Å². The standard InChI is InChI=1S/C23H27N3O3/c1-16-12-22(27)24-19-10-6-7-11-20(19)26(16)23(28)15-25-13-17(2)29-21(14-25)18-8-4-3-5-9-18/h3-11,16-17,21H,12-15H2,1-2H3,(H,24,27). The van der Waals surface area contributed by atoms with Gasteiger partial charge in [-0.3, -0.25) is 14.5 Å². The van der Waals surface area contributed by atoms with Crippen LogP contribution in [0.25, 0.3) is 0 Å². The minimum atomic E-state index is -0.200. The molecule has 1 N–H and O–H groups in total. The number of hydrogen-bond donors (Lipinski definition) is 1. The quantitative estimate of drug-likeness (QED) is 0.870. The number of carbonyl (C=O) groups is 2. The Morgan fingerprint density at radius 1 is 1.07 bits per heavy atom. The molecule has 0 spiro atoms. The highest BCUT2D eigenvalue weighted by atomic mass is 16.5. The van der Waals surface area contributed by atoms with E-state index in [1.807, 2.05) is 56.3 Å². The molecule has 0 aliphatic carbocycles. The van der Waals surface area contributed by atoms with Crippen LogP contribution in [0, 0.1) is 0 Å². The van der Waals surface area contributed by atoms with Gasteiger partial charge in [0.25, 0.3) is 0 Å². The summed E-state index contributed by atoms with van der Waals surface area (Å²) >= 11 is 0. The molecular formula is C23H27N3O3. The number of nitrogens with zero attached hydrogens (tertiary/aromatic N) is 2. The highest BCUT2D eigenvalue weighted by Gasteiger charge is 2.33. The van der Waals surface area contributed by atoms with Crippen molar-refractivity contribution in [1.82, 2.24) is 4.90 Å². The Balaban J connectivity index is 1.53. The maximum Gasteiger partial charge on any atom is 0.241 e. The third-order valence-electron chi connectivity index (χ3n) is 5.49. The van der Waals surface area contributed by atoms with Crippen molar-refractivity contribution in [2.45, 2.75) is 38.5 Å². The summed E-state index contributed by atoms with van der Waals surface area (Å²) in [5, 5.41) is 2.91. The number of carbonyl (C=O) groups excluding carboxylic acids is 2. The van der Waals surface area contributed by atoms with Crippen LogP contribution in [0.15, 0.2) is 54.6 Å². The second-order valence-corrected chi connectivity index (χ2v) is 7.92. The van der Waals surface area contributed by atoms with Crippen LogP contribution in [0.4, 0.5) is 11.4 Å². The lowest BCUT2D eigenvalue weighted by Crippen LogP contribution is -2.50. The van der Waals surface area contributed by atoms with E-state index >= 15 is 0 Å². The maximum atomic E-state index is 13.4. The molecule has 6 nitrogen and oxygen atoms in total. The Bertz CT molecular complexity index is 886. The summed E-state index contributed by atoms with van der Waals surface area (Å²) in [4.78, 5) is 29.5. The van der Waals surface area contributed by atoms with Gasteiger partial charge < -0.3 is 15.0 Å². The highest BCUT2D eigenvalue weighted by Crippen LogP contribution is 2.32. The highest BCUT2D eigenvalue weighted by molar-refractivity contribution is 6.04. The number of hydrogen-bond acceptors (Lipinski definition) is 4. The number of fused-ring (bicyclic) bond motifs is 1. The van der Waals surface area contributed by atoms with Crippen molar-refractivity contribution in [2.24, 2.45) is 0 Å². The molecule has 2 amide bonds. The molecule has 3 unspecified atom stereocenters. The summed E-state index contributed by atoms with van der Waals surface area (Å²) in [5.41, 5.74) is 2.57. The predicted molar refractivity (Wildman–Crippen MR) is 113 cm³/mol. The van der Waals surface area contributed by atoms with Crippen LogP contribution < -0.4 is 10.2 Å². The zero-order chi connectivity index (χ0) is 20.4. The summed E-state index contributed by atoms with van der Waals surface area (Å²) in [5.74, 6) is -0.0632. The number of anilines is 2. The summed E-state index contributed by atoms with van der Waals surface area (Å²) in [6.07, 6.45) is 0.274. The number of amides is 2. The summed E-state index contributed by atoms with van der Waals surface area (Å²) in [7, 11) is 0. The zero-order valence-electron chi connectivity index (χ0n) is 16.9. The average Bonchev–Trinajstić information content (AvgIpc) is 2.82. The summed E-state index contributed by atoms with van der Waals surface area (Å²) < 4.78 is 6.12. The van der Waals surface area contributed by atoms with E-state index < -0.39 is 0 Å². The Morgan fingerprint density at radius 2 is 1.79 bits per heavy atom. The molecule has 0 bridgehead atoms. The number of benzene rings is 2. The fraction of sp³-hybridized carbons (Fsp3) is 0.391. The molecule has 4 rings (SSSR count). The molecule has 0 radical (unpaired) electrons. The third-order valence-corrected chi connectivity index (χ3v) is 5.49. The number of para-hydroxylation sites is 2. The van der Waals surface area contributed by atoms with Crippen molar-refractivity contribution < 1.29 is 14.3 Å². The molecule has 6 heteroatoms. The second-order valence-electron chi connectivity index (χ2n) is 7.92. The number of ether oxygens (including phenoxy) is 1. The van der Waals surface area contributed by atoms with Crippen molar-refractivity contribution in [3.05, 3.63) is 60.2 Å². The normalized spacial score (nSPS) is 25.1. The Morgan fingerprint density at radius 3 is 2.59 bits per heavy atom. The largest absolute Gasteiger partial charge is 0.368 e. The first-order valence-electron chi connectivity index (χ1n) is 10.1. The smallest absolute Gasteiger partial charge is 0.241 e. The van der Waals surface area contributed by atoms with Crippen LogP contribution in [-0.2, 0) is 14.3 Å². The van der Waals surface area contributed by atoms with Crippen LogP contribution >= 0.6 is 0 Å². The molecule has 1 fully saturated rings. The van der Waals surface area contributed by atoms with E-state index in [9.17, 15) is 9.59 Å². The van der Waals surface area contributed by atoms with Gasteiger partial charge in [0.15, 0.2) is 0 Å². The van der Waals surface area contributed by atoms with Crippen LogP contribution in [0.3, 0.4) is 0 Å². The lowest BCUT2D eigenvalue weighted by molar-refractivity contribution is -0.125. The van der Waals surface area contributed by atoms with Crippen molar-refractivity contribution >= 4 is 23.2 Å². The molecule has 2 heterocycles. The molecule has 2 aliphatic heterocycles. The van der Waals surface area contributed by atoms with Gasteiger partial charge in [0, 0.05) is 25.6 Å². The summed E-state index contributed by atoms with van der Waals surface area (Å²) in [6.45, 7) is 5.63. The van der Waals surface area contributed by atoms with Crippen LogP contribution in [0.2, 0.25) is 0 Å². The Hall–Kier alpha value is -2.70. The first kappa shape index (κ1) is 19.6. The lowest BCUT2D eigenvalue weighted by atomic mass is 10.1. The molecule has 2 aliphatic rings. The first-order chi connectivity index (χ1) is 14.0. The third kappa shape index (κ3) is 4.33. The predicted octanol–water partition coefficient (Wildman–Crippen LogP) is 3.21. The van der Waals surface area contributed by atoms with Crippen molar-refractivity contribution in [1.29, 1.82) is 0 Å². The molecule has 0 aromatic heterocycles. The van der Waals surface area contributed by atoms with Gasteiger partial charge in [-0.2, -0.15) is 0 Å². The lowest BCUT2D eigenvalue weighted by Gasteiger charge is -2.38. The van der Waals surface area contributed by atoms with Gasteiger partial charge in [-0.1, -0.05) is 42.5 Å². The fourth-order valence-corrected chi connectivity index (χ4v) is 4.26. The van der Waals surface area contributed by atoms with Gasteiger partial charge in [0.2, 0.25) is 11.8 Å². The average molecular weight is 393 g/mol. The van der Waals surface area contributed by atoms with Crippen molar-refractivity contribution in [3.63, 3.8) is 0 Å². The van der Waals surface area contributed by atoms with Gasteiger partial charge in [-0.05, 0) is 31.5 Å². The molecule has 3 atom stereocenters. The molecular weight excluding hydrogens is 366 g/mol. The van der Waals surface area contributed by atoms with E-state index in [0.717, 1.165) is 11.3 Å². The summed E-state index contributed by atoms with van der Waals surface area (Å²) in [6, 6.07) is 17.4. The van der Waals surface area contributed by atoms with E-state index in [4.69, 9.17) is 4.74 Å². The van der Waals surface area contributed by atoms with Gasteiger partial charge in [0.05, 0.1) is 30.1 Å². The maximum absolute atomic E-state index is 13.4. The van der Waals surface area contributed by atoms with E-state index in [1.54, 1.807) is 4.90 Å². The number of nitrogens with one attached hydrogen (secondary N) is 1. The van der Waals surface area contributed by atoms with Crippen LogP contribution in [0.1, 0.15) is 31.9 Å². The Labute approximate surface area is 171 Å². The van der Waals surface area contributed by atoms with E-state index in [2.05, 4.69) is 22.3 Å². The van der Waals surface area contributed by atoms with Gasteiger partial charge in [-0.25, -0.2) is 0 Å². The topological polar surface area (TPSA) is 61.9 Å². The number of morpholine rings is 1. The molecule has 1 saturated heterocycles. The minimum absolute atomic E-state index is 0.00219.